The van der Waals surface area contributed by atoms with Crippen molar-refractivity contribution in [2.75, 3.05) is 6.54 Å². The lowest BCUT2D eigenvalue weighted by atomic mass is 9.91. The van der Waals surface area contributed by atoms with E-state index in [0.29, 0.717) is 6.04 Å². The number of nitrogens with one attached hydrogen (secondary N) is 1. The van der Waals surface area contributed by atoms with Crippen LogP contribution in [-0.4, -0.2) is 50.2 Å². The Morgan fingerprint density at radius 3 is 2.55 bits per heavy atom. The van der Waals surface area contributed by atoms with Crippen LogP contribution in [0.3, 0.4) is 0 Å². The number of carboxylic acid groups (broad SMARTS) is 1. The van der Waals surface area contributed by atoms with Gasteiger partial charge in [-0.1, -0.05) is 0 Å². The van der Waals surface area contributed by atoms with Gasteiger partial charge in [0.2, 0.25) is 5.91 Å². The van der Waals surface area contributed by atoms with Gasteiger partial charge in [-0.2, -0.15) is 13.2 Å². The van der Waals surface area contributed by atoms with Gasteiger partial charge in [-0.05, 0) is 43.2 Å². The number of carbonyl (C=O) groups is 2. The second-order valence-corrected chi connectivity index (χ2v) is 8.88. The molecule has 3 heterocycles. The predicted octanol–water partition coefficient (Wildman–Crippen LogP) is 3.19. The van der Waals surface area contributed by atoms with E-state index in [1.807, 2.05) is 17.9 Å². The van der Waals surface area contributed by atoms with Crippen molar-refractivity contribution in [1.82, 2.24) is 19.8 Å². The molecule has 1 atom stereocenters. The normalized spacial score (nSPS) is 19.1. The van der Waals surface area contributed by atoms with Crippen molar-refractivity contribution in [2.45, 2.75) is 57.4 Å². The summed E-state index contributed by atoms with van der Waals surface area (Å²) < 4.78 is 33.8. The first kappa shape index (κ1) is 23.3. The van der Waals surface area contributed by atoms with E-state index in [4.69, 9.17) is 9.90 Å². The van der Waals surface area contributed by atoms with E-state index >= 15 is 0 Å². The van der Waals surface area contributed by atoms with Gasteiger partial charge >= 0.3 is 12.1 Å². The molecule has 7 nitrogen and oxygen atoms in total. The first-order chi connectivity index (χ1) is 14.6. The lowest BCUT2D eigenvalue weighted by molar-refractivity contribution is -0.192. The van der Waals surface area contributed by atoms with Crippen molar-refractivity contribution in [1.29, 1.82) is 0 Å². The summed E-state index contributed by atoms with van der Waals surface area (Å²) in [6.07, 6.45) is 0.230. The molecule has 1 fully saturated rings. The highest BCUT2D eigenvalue weighted by Crippen LogP contribution is 2.30. The molecule has 2 N–H and O–H groups in total. The van der Waals surface area contributed by atoms with Crippen molar-refractivity contribution in [3.63, 3.8) is 0 Å². The molecule has 2 aromatic heterocycles. The number of aliphatic carboxylic acids is 1. The third kappa shape index (κ3) is 5.65. The van der Waals surface area contributed by atoms with Crippen LogP contribution < -0.4 is 5.32 Å². The Balaban J connectivity index is 0.000000339. The molecule has 2 aromatic rings. The molecular weight excluding hydrogens is 433 g/mol. The molecule has 1 aliphatic heterocycles. The number of carboxylic acids is 1. The topological polar surface area (TPSA) is 87.5 Å². The molecule has 4 rings (SSSR count). The van der Waals surface area contributed by atoms with Crippen molar-refractivity contribution in [3.8, 4) is 0 Å². The first-order valence-corrected chi connectivity index (χ1v) is 10.8. The van der Waals surface area contributed by atoms with Crippen molar-refractivity contribution < 1.29 is 27.9 Å². The van der Waals surface area contributed by atoms with E-state index in [1.54, 1.807) is 11.3 Å². The number of carbonyl (C=O) groups excluding carboxylic acids is 1. The molecule has 170 valence electrons. The van der Waals surface area contributed by atoms with E-state index in [-0.39, 0.29) is 11.8 Å². The van der Waals surface area contributed by atoms with E-state index in [1.165, 1.54) is 16.9 Å². The maximum Gasteiger partial charge on any atom is 0.490 e. The van der Waals surface area contributed by atoms with E-state index in [9.17, 15) is 18.0 Å². The summed E-state index contributed by atoms with van der Waals surface area (Å²) in [6.45, 7) is 4.64. The summed E-state index contributed by atoms with van der Waals surface area (Å²) in [7, 11) is 1.99. The van der Waals surface area contributed by atoms with Crippen LogP contribution in [0.15, 0.2) is 17.8 Å². The number of aryl methyl sites for hydroxylation is 2. The molecule has 1 amide bonds. The zero-order chi connectivity index (χ0) is 22.8. The van der Waals surface area contributed by atoms with Crippen LogP contribution in [0, 0.1) is 6.92 Å². The SMILES string of the molecule is Cc1ccsc1CN1Cc2ncn(C)c2C(C(=O)NC2CCC2)C1.O=C(O)C(F)(F)F. The fourth-order valence-electron chi connectivity index (χ4n) is 3.63. The molecule has 1 aliphatic carbocycles. The van der Waals surface area contributed by atoms with Crippen LogP contribution in [0.5, 0.6) is 0 Å². The van der Waals surface area contributed by atoms with Crippen molar-refractivity contribution >= 4 is 23.2 Å². The van der Waals surface area contributed by atoms with Crippen molar-refractivity contribution in [3.05, 3.63) is 39.6 Å². The summed E-state index contributed by atoms with van der Waals surface area (Å²) in [6, 6.07) is 2.54. The Morgan fingerprint density at radius 1 is 1.35 bits per heavy atom. The molecule has 0 aromatic carbocycles. The Labute approximate surface area is 181 Å². The maximum absolute atomic E-state index is 12.9. The number of thiophene rings is 1. The van der Waals surface area contributed by atoms with Crippen molar-refractivity contribution in [2.24, 2.45) is 7.05 Å². The van der Waals surface area contributed by atoms with Gasteiger partial charge in [-0.15, -0.1) is 11.3 Å². The molecule has 11 heteroatoms. The number of fused-ring (bicyclic) bond motifs is 1. The van der Waals surface area contributed by atoms with Gasteiger partial charge in [0.15, 0.2) is 0 Å². The van der Waals surface area contributed by atoms with Crippen LogP contribution in [0.1, 0.15) is 47.0 Å². The van der Waals surface area contributed by atoms with E-state index in [2.05, 4.69) is 33.6 Å². The van der Waals surface area contributed by atoms with Crippen LogP contribution >= 0.6 is 11.3 Å². The quantitative estimate of drug-likeness (QED) is 0.735. The Hall–Kier alpha value is -2.40. The van der Waals surface area contributed by atoms with Gasteiger partial charge in [0, 0.05) is 37.6 Å². The number of rotatable bonds is 4. The van der Waals surface area contributed by atoms with Gasteiger partial charge < -0.3 is 15.0 Å². The number of nitrogens with zero attached hydrogens (tertiary/aromatic N) is 3. The number of alkyl halides is 3. The van der Waals surface area contributed by atoms with Crippen LogP contribution in [0.25, 0.3) is 0 Å². The molecule has 1 saturated carbocycles. The Kier molecular flexibility index (Phi) is 7.05. The highest BCUT2D eigenvalue weighted by atomic mass is 32.1. The fourth-order valence-corrected chi connectivity index (χ4v) is 4.58. The predicted molar refractivity (Wildman–Crippen MR) is 109 cm³/mol. The summed E-state index contributed by atoms with van der Waals surface area (Å²) in [5.41, 5.74) is 3.47. The average Bonchev–Trinajstić information content (AvgIpc) is 3.23. The third-order valence-electron chi connectivity index (χ3n) is 5.55. The molecule has 0 spiro atoms. The molecular formula is C20H25F3N4O3S. The minimum atomic E-state index is -5.08. The summed E-state index contributed by atoms with van der Waals surface area (Å²) in [5, 5.41) is 12.5. The van der Waals surface area contributed by atoms with Gasteiger partial charge in [-0.3, -0.25) is 9.69 Å². The zero-order valence-corrected chi connectivity index (χ0v) is 18.1. The maximum atomic E-state index is 12.9. The molecule has 0 saturated heterocycles. The number of amides is 1. The van der Waals surface area contributed by atoms with E-state index in [0.717, 1.165) is 43.9 Å². The number of halogens is 3. The summed E-state index contributed by atoms with van der Waals surface area (Å²) >= 11 is 1.79. The lowest BCUT2D eigenvalue weighted by Gasteiger charge is -2.34. The zero-order valence-electron chi connectivity index (χ0n) is 17.3. The van der Waals surface area contributed by atoms with Gasteiger partial charge in [-0.25, -0.2) is 9.78 Å². The largest absolute Gasteiger partial charge is 0.490 e. The highest BCUT2D eigenvalue weighted by Gasteiger charge is 2.38. The standard InChI is InChI=1S/C18H24N4OS.C2HF3O2/c1-12-6-7-24-16(12)10-22-8-14(18(23)20-13-4-3-5-13)17-15(9-22)19-11-21(17)2;3-2(4,5)1(6)7/h6-7,11,13-14H,3-5,8-10H2,1-2H3,(H,20,23);(H,6,7). The fraction of sp³-hybridized carbons (Fsp3) is 0.550. The number of hydrogen-bond donors (Lipinski definition) is 2. The van der Waals surface area contributed by atoms with Gasteiger partial charge in [0.25, 0.3) is 0 Å². The first-order valence-electron chi connectivity index (χ1n) is 9.92. The van der Waals surface area contributed by atoms with Crippen LogP contribution in [-0.2, 0) is 29.7 Å². The second kappa shape index (κ2) is 9.39. The Bertz CT molecular complexity index is 936. The second-order valence-electron chi connectivity index (χ2n) is 7.88. The van der Waals surface area contributed by atoms with Gasteiger partial charge in [0.1, 0.15) is 0 Å². The summed E-state index contributed by atoms with van der Waals surface area (Å²) in [5.74, 6) is -2.72. The molecule has 0 radical (unpaired) electrons. The molecule has 2 aliphatic rings. The molecule has 1 unspecified atom stereocenters. The molecule has 31 heavy (non-hydrogen) atoms. The Morgan fingerprint density at radius 2 is 2.03 bits per heavy atom. The number of aromatic nitrogens is 2. The number of imidazole rings is 1. The minimum Gasteiger partial charge on any atom is -0.475 e. The molecule has 0 bridgehead atoms. The summed E-state index contributed by atoms with van der Waals surface area (Å²) in [4.78, 5) is 30.0. The number of hydrogen-bond acceptors (Lipinski definition) is 5. The highest BCUT2D eigenvalue weighted by molar-refractivity contribution is 7.10. The monoisotopic (exact) mass is 458 g/mol. The smallest absolute Gasteiger partial charge is 0.475 e. The van der Waals surface area contributed by atoms with Gasteiger partial charge in [0.05, 0.1) is 23.6 Å². The lowest BCUT2D eigenvalue weighted by Crippen LogP contribution is -2.46. The average molecular weight is 459 g/mol. The van der Waals surface area contributed by atoms with Crippen LogP contribution in [0.2, 0.25) is 0 Å². The third-order valence-corrected chi connectivity index (χ3v) is 6.56. The van der Waals surface area contributed by atoms with Crippen LogP contribution in [0.4, 0.5) is 13.2 Å². The minimum absolute atomic E-state index is 0.123. The van der Waals surface area contributed by atoms with E-state index < -0.39 is 12.1 Å².